The third kappa shape index (κ3) is 2.76. The lowest BCUT2D eigenvalue weighted by Gasteiger charge is -2.20. The molecule has 0 aliphatic heterocycles. The molecule has 1 atom stereocenters. The van der Waals surface area contributed by atoms with Crippen LogP contribution in [-0.4, -0.2) is 7.05 Å². The van der Waals surface area contributed by atoms with E-state index >= 15 is 0 Å². The number of likely N-dealkylation sites (N-methyl/N-ethyl adjacent to an activating group) is 1. The van der Waals surface area contributed by atoms with Crippen LogP contribution in [0.4, 0.5) is 0 Å². The summed E-state index contributed by atoms with van der Waals surface area (Å²) in [4.78, 5) is 0. The van der Waals surface area contributed by atoms with Crippen molar-refractivity contribution in [3.05, 3.63) is 57.3 Å². The van der Waals surface area contributed by atoms with Crippen molar-refractivity contribution in [3.63, 3.8) is 0 Å². The van der Waals surface area contributed by atoms with E-state index in [-0.39, 0.29) is 0 Å². The van der Waals surface area contributed by atoms with Gasteiger partial charge in [-0.15, -0.1) is 0 Å². The average molecular weight is 245 g/mol. The lowest BCUT2D eigenvalue weighted by molar-refractivity contribution is 0.586. The zero-order valence-electron chi connectivity index (χ0n) is 10.7. The first-order valence-electron chi connectivity index (χ1n) is 5.97. The molecule has 1 nitrogen and oxygen atoms in total. The maximum Gasteiger partial charge on any atom is 0.0363 e. The van der Waals surface area contributed by atoms with E-state index in [1.807, 2.05) is 7.05 Å². The summed E-state index contributed by atoms with van der Waals surface area (Å²) >= 11 is 1.77. The molecule has 90 valence electrons. The second kappa shape index (κ2) is 5.48. The molecule has 0 aliphatic carbocycles. The molecule has 0 fully saturated rings. The van der Waals surface area contributed by atoms with Crippen molar-refractivity contribution in [2.75, 3.05) is 7.05 Å². The number of hydrogen-bond acceptors (Lipinski definition) is 2. The summed E-state index contributed by atoms with van der Waals surface area (Å²) in [5, 5.41) is 7.82. The highest BCUT2D eigenvalue weighted by molar-refractivity contribution is 7.07. The van der Waals surface area contributed by atoms with Crippen molar-refractivity contribution in [3.8, 4) is 0 Å². The minimum atomic E-state index is 0.408. The largest absolute Gasteiger partial charge is 0.313 e. The number of thiophene rings is 1. The van der Waals surface area contributed by atoms with Gasteiger partial charge in [-0.3, -0.25) is 0 Å². The highest BCUT2D eigenvalue weighted by atomic mass is 32.1. The van der Waals surface area contributed by atoms with E-state index in [1.54, 1.807) is 11.3 Å². The summed E-state index contributed by atoms with van der Waals surface area (Å²) in [7, 11) is 2.04. The number of aryl methyl sites for hydroxylation is 2. The Bertz CT molecular complexity index is 453. The molecule has 0 saturated carbocycles. The zero-order chi connectivity index (χ0) is 12.3. The second-order valence-corrected chi connectivity index (χ2v) is 5.26. The molecule has 0 spiro atoms. The Morgan fingerprint density at radius 2 is 1.88 bits per heavy atom. The van der Waals surface area contributed by atoms with Gasteiger partial charge in [0.25, 0.3) is 0 Å². The minimum absolute atomic E-state index is 0.408. The van der Waals surface area contributed by atoms with Gasteiger partial charge in [0.2, 0.25) is 0 Å². The Hall–Kier alpha value is -1.12. The molecule has 1 aromatic heterocycles. The van der Waals surface area contributed by atoms with Crippen molar-refractivity contribution in [2.45, 2.75) is 26.3 Å². The highest BCUT2D eigenvalue weighted by Crippen LogP contribution is 2.25. The van der Waals surface area contributed by atoms with Gasteiger partial charge in [0.05, 0.1) is 0 Å². The van der Waals surface area contributed by atoms with Crippen molar-refractivity contribution in [1.82, 2.24) is 5.32 Å². The molecule has 1 heterocycles. The van der Waals surface area contributed by atoms with Crippen molar-refractivity contribution < 1.29 is 0 Å². The van der Waals surface area contributed by atoms with Gasteiger partial charge in [-0.05, 0) is 66.4 Å². The van der Waals surface area contributed by atoms with Crippen molar-refractivity contribution >= 4 is 11.3 Å². The number of nitrogens with one attached hydrogen (secondary N) is 1. The predicted octanol–water partition coefficient (Wildman–Crippen LogP) is 3.87. The van der Waals surface area contributed by atoms with Gasteiger partial charge in [-0.1, -0.05) is 18.2 Å². The van der Waals surface area contributed by atoms with Gasteiger partial charge >= 0.3 is 0 Å². The number of benzene rings is 1. The Morgan fingerprint density at radius 1 is 1.18 bits per heavy atom. The van der Waals surface area contributed by atoms with Crippen LogP contribution in [0.2, 0.25) is 0 Å². The Labute approximate surface area is 108 Å². The van der Waals surface area contributed by atoms with Crippen LogP contribution >= 0.6 is 11.3 Å². The quantitative estimate of drug-likeness (QED) is 0.862. The third-order valence-corrected chi connectivity index (χ3v) is 3.99. The van der Waals surface area contributed by atoms with Gasteiger partial charge in [0.15, 0.2) is 0 Å². The van der Waals surface area contributed by atoms with E-state index in [0.29, 0.717) is 6.04 Å². The highest BCUT2D eigenvalue weighted by Gasteiger charge is 2.14. The van der Waals surface area contributed by atoms with E-state index in [9.17, 15) is 0 Å². The fourth-order valence-corrected chi connectivity index (χ4v) is 3.05. The van der Waals surface area contributed by atoms with Gasteiger partial charge in [-0.2, -0.15) is 11.3 Å². The summed E-state index contributed by atoms with van der Waals surface area (Å²) in [6.45, 7) is 4.39. The van der Waals surface area contributed by atoms with Crippen LogP contribution in [0.3, 0.4) is 0 Å². The molecular weight excluding hydrogens is 226 g/mol. The molecule has 2 heteroatoms. The Balaban J connectivity index is 2.29. The van der Waals surface area contributed by atoms with E-state index in [1.165, 1.54) is 22.3 Å². The Morgan fingerprint density at radius 3 is 2.41 bits per heavy atom. The van der Waals surface area contributed by atoms with Crippen LogP contribution < -0.4 is 5.32 Å². The number of rotatable bonds is 4. The molecule has 0 saturated heterocycles. The normalized spacial score (nSPS) is 12.6. The summed E-state index contributed by atoms with van der Waals surface area (Å²) < 4.78 is 0. The molecule has 2 aromatic rings. The first-order chi connectivity index (χ1) is 8.22. The summed E-state index contributed by atoms with van der Waals surface area (Å²) in [5.74, 6) is 0. The van der Waals surface area contributed by atoms with Crippen molar-refractivity contribution in [1.29, 1.82) is 0 Å². The van der Waals surface area contributed by atoms with Gasteiger partial charge < -0.3 is 5.32 Å². The first kappa shape index (κ1) is 12.3. The summed E-state index contributed by atoms with van der Waals surface area (Å²) in [5.41, 5.74) is 5.61. The maximum atomic E-state index is 3.44. The van der Waals surface area contributed by atoms with E-state index in [4.69, 9.17) is 0 Å². The van der Waals surface area contributed by atoms with Crippen molar-refractivity contribution in [2.24, 2.45) is 0 Å². The van der Waals surface area contributed by atoms with Crippen LogP contribution in [0, 0.1) is 13.8 Å². The average Bonchev–Trinajstić information content (AvgIpc) is 2.80. The molecule has 0 amide bonds. The van der Waals surface area contributed by atoms with Gasteiger partial charge in [-0.25, -0.2) is 0 Å². The lowest BCUT2D eigenvalue weighted by atomic mass is 9.92. The molecule has 2 rings (SSSR count). The molecule has 0 radical (unpaired) electrons. The van der Waals surface area contributed by atoms with Gasteiger partial charge in [0, 0.05) is 6.04 Å². The fraction of sp³-hybridized carbons (Fsp3) is 0.333. The smallest absolute Gasteiger partial charge is 0.0363 e. The van der Waals surface area contributed by atoms with E-state index < -0.39 is 0 Å². The maximum absolute atomic E-state index is 3.44. The Kier molecular flexibility index (Phi) is 3.97. The lowest BCUT2D eigenvalue weighted by Crippen LogP contribution is -2.20. The fourth-order valence-electron chi connectivity index (χ4n) is 2.37. The standard InChI is InChI=1S/C15H19NS/c1-11-5-4-6-12(2)15(11)14(16-3)9-13-7-8-17-10-13/h4-8,10,14,16H,9H2,1-3H3. The second-order valence-electron chi connectivity index (χ2n) is 4.48. The molecule has 1 aromatic carbocycles. The van der Waals surface area contributed by atoms with Crippen LogP contribution in [0.5, 0.6) is 0 Å². The molecular formula is C15H19NS. The van der Waals surface area contributed by atoms with Gasteiger partial charge in [0.1, 0.15) is 0 Å². The van der Waals surface area contributed by atoms with E-state index in [0.717, 1.165) is 6.42 Å². The predicted molar refractivity (Wildman–Crippen MR) is 75.7 cm³/mol. The van der Waals surface area contributed by atoms with E-state index in [2.05, 4.69) is 54.2 Å². The molecule has 1 N–H and O–H groups in total. The molecule has 0 aliphatic rings. The monoisotopic (exact) mass is 245 g/mol. The summed E-state index contributed by atoms with van der Waals surface area (Å²) in [6.07, 6.45) is 1.06. The third-order valence-electron chi connectivity index (χ3n) is 3.26. The molecule has 1 unspecified atom stereocenters. The minimum Gasteiger partial charge on any atom is -0.313 e. The van der Waals surface area contributed by atoms with Crippen LogP contribution in [-0.2, 0) is 6.42 Å². The SMILES string of the molecule is CNC(Cc1ccsc1)c1c(C)cccc1C. The number of hydrogen-bond donors (Lipinski definition) is 1. The van der Waals surface area contributed by atoms with Crippen LogP contribution in [0.15, 0.2) is 35.0 Å². The topological polar surface area (TPSA) is 12.0 Å². The molecule has 0 bridgehead atoms. The summed E-state index contributed by atoms with van der Waals surface area (Å²) in [6, 6.07) is 9.14. The zero-order valence-corrected chi connectivity index (χ0v) is 11.5. The molecule has 17 heavy (non-hydrogen) atoms. The first-order valence-corrected chi connectivity index (χ1v) is 6.91. The van der Waals surface area contributed by atoms with Crippen LogP contribution in [0.1, 0.15) is 28.3 Å². The van der Waals surface area contributed by atoms with Crippen LogP contribution in [0.25, 0.3) is 0 Å².